The quantitative estimate of drug-likeness (QED) is 0.764. The van der Waals surface area contributed by atoms with Crippen LogP contribution in [-0.4, -0.2) is 36.4 Å². The summed E-state index contributed by atoms with van der Waals surface area (Å²) >= 11 is 0. The molecule has 0 saturated carbocycles. The summed E-state index contributed by atoms with van der Waals surface area (Å²) in [5.41, 5.74) is 1.39. The van der Waals surface area contributed by atoms with Gasteiger partial charge in [-0.2, -0.15) is 8.78 Å². The maximum atomic E-state index is 12.4. The Morgan fingerprint density at radius 1 is 1.04 bits per heavy atom. The van der Waals surface area contributed by atoms with Gasteiger partial charge in [0.2, 0.25) is 0 Å². The van der Waals surface area contributed by atoms with Crippen LogP contribution in [0.4, 0.5) is 8.78 Å². The number of rotatable bonds is 8. The lowest BCUT2D eigenvalue weighted by molar-refractivity contribution is -0.0501. The second kappa shape index (κ2) is 9.66. The van der Waals surface area contributed by atoms with Crippen LogP contribution in [0.5, 0.6) is 5.75 Å². The highest BCUT2D eigenvalue weighted by molar-refractivity contribution is 5.97. The lowest BCUT2D eigenvalue weighted by atomic mass is 10.1. The fraction of sp³-hybridized carbons (Fsp3) is 0.300. The minimum Gasteiger partial charge on any atom is -0.434 e. The van der Waals surface area contributed by atoms with Crippen LogP contribution in [0.15, 0.2) is 48.5 Å². The monoisotopic (exact) mass is 376 g/mol. The minimum atomic E-state index is -3.00. The number of halogens is 2. The first-order chi connectivity index (χ1) is 13.0. The number of nitrogens with one attached hydrogen (secondary N) is 1. The van der Waals surface area contributed by atoms with Crippen LogP contribution in [0.2, 0.25) is 0 Å². The van der Waals surface area contributed by atoms with Crippen molar-refractivity contribution in [1.82, 2.24) is 10.2 Å². The molecule has 2 amide bonds. The van der Waals surface area contributed by atoms with Crippen LogP contribution in [0, 0.1) is 0 Å². The molecule has 27 heavy (non-hydrogen) atoms. The standard InChI is InChI=1S/C20H22F2N2O3/c1-3-24(4-2)19(26)15-11-9-14(10-12-15)13-23-18(25)16-7-5-6-8-17(16)27-20(21)22/h5-12,20H,3-4,13H2,1-2H3,(H,23,25). The molecule has 144 valence electrons. The van der Waals surface area contributed by atoms with Gasteiger partial charge in [0.25, 0.3) is 11.8 Å². The summed E-state index contributed by atoms with van der Waals surface area (Å²) in [6, 6.07) is 12.7. The van der Waals surface area contributed by atoms with Crippen molar-refractivity contribution in [3.8, 4) is 5.75 Å². The Bertz CT molecular complexity index is 775. The first kappa shape index (κ1) is 20.4. The van der Waals surface area contributed by atoms with E-state index in [9.17, 15) is 18.4 Å². The molecule has 5 nitrogen and oxygen atoms in total. The van der Waals surface area contributed by atoms with Gasteiger partial charge in [-0.1, -0.05) is 24.3 Å². The summed E-state index contributed by atoms with van der Waals surface area (Å²) in [7, 11) is 0. The summed E-state index contributed by atoms with van der Waals surface area (Å²) in [4.78, 5) is 26.3. The molecule has 1 N–H and O–H groups in total. The first-order valence-electron chi connectivity index (χ1n) is 8.66. The Hall–Kier alpha value is -2.96. The zero-order chi connectivity index (χ0) is 19.8. The zero-order valence-corrected chi connectivity index (χ0v) is 15.2. The molecule has 2 rings (SSSR count). The summed E-state index contributed by atoms with van der Waals surface area (Å²) < 4.78 is 29.2. The third-order valence-corrected chi connectivity index (χ3v) is 4.05. The molecular formula is C20H22F2N2O3. The van der Waals surface area contributed by atoms with E-state index in [-0.39, 0.29) is 23.8 Å². The zero-order valence-electron chi connectivity index (χ0n) is 15.2. The largest absolute Gasteiger partial charge is 0.434 e. The fourth-order valence-corrected chi connectivity index (χ4v) is 2.59. The lowest BCUT2D eigenvalue weighted by Crippen LogP contribution is -2.30. The molecule has 2 aromatic carbocycles. The molecule has 0 aromatic heterocycles. The number of ether oxygens (including phenoxy) is 1. The third-order valence-electron chi connectivity index (χ3n) is 4.05. The lowest BCUT2D eigenvalue weighted by Gasteiger charge is -2.18. The van der Waals surface area contributed by atoms with E-state index in [0.717, 1.165) is 5.56 Å². The van der Waals surface area contributed by atoms with Crippen molar-refractivity contribution in [2.24, 2.45) is 0 Å². The SMILES string of the molecule is CCN(CC)C(=O)c1ccc(CNC(=O)c2ccccc2OC(F)F)cc1. The van der Waals surface area contributed by atoms with Gasteiger partial charge in [0, 0.05) is 25.2 Å². The number of hydrogen-bond donors (Lipinski definition) is 1. The van der Waals surface area contributed by atoms with Gasteiger partial charge in [0.1, 0.15) is 5.75 Å². The van der Waals surface area contributed by atoms with E-state index < -0.39 is 12.5 Å². The Kier molecular flexibility index (Phi) is 7.28. The van der Waals surface area contributed by atoms with E-state index >= 15 is 0 Å². The number of para-hydroxylation sites is 1. The number of nitrogens with zero attached hydrogens (tertiary/aromatic N) is 1. The predicted molar refractivity (Wildman–Crippen MR) is 97.9 cm³/mol. The average Bonchev–Trinajstić information content (AvgIpc) is 2.67. The number of hydrogen-bond acceptors (Lipinski definition) is 3. The van der Waals surface area contributed by atoms with Gasteiger partial charge < -0.3 is 15.0 Å². The number of benzene rings is 2. The van der Waals surface area contributed by atoms with Crippen molar-refractivity contribution in [3.05, 3.63) is 65.2 Å². The molecular weight excluding hydrogens is 354 g/mol. The van der Waals surface area contributed by atoms with E-state index in [1.165, 1.54) is 18.2 Å². The van der Waals surface area contributed by atoms with E-state index in [2.05, 4.69) is 10.1 Å². The van der Waals surface area contributed by atoms with Gasteiger partial charge >= 0.3 is 6.61 Å². The molecule has 0 aliphatic rings. The summed E-state index contributed by atoms with van der Waals surface area (Å²) in [5.74, 6) is -0.742. The maximum absolute atomic E-state index is 12.4. The summed E-state index contributed by atoms with van der Waals surface area (Å²) in [6.07, 6.45) is 0. The van der Waals surface area contributed by atoms with Crippen molar-refractivity contribution >= 4 is 11.8 Å². The van der Waals surface area contributed by atoms with Crippen LogP contribution in [-0.2, 0) is 6.54 Å². The van der Waals surface area contributed by atoms with Crippen molar-refractivity contribution in [1.29, 1.82) is 0 Å². The molecule has 0 heterocycles. The van der Waals surface area contributed by atoms with E-state index in [1.54, 1.807) is 35.2 Å². The highest BCUT2D eigenvalue weighted by Crippen LogP contribution is 2.20. The Balaban J connectivity index is 2.01. The molecule has 7 heteroatoms. The molecule has 0 saturated heterocycles. The summed E-state index contributed by atoms with van der Waals surface area (Å²) in [6.45, 7) is 2.29. The second-order valence-corrected chi connectivity index (χ2v) is 5.73. The summed E-state index contributed by atoms with van der Waals surface area (Å²) in [5, 5.41) is 2.66. The van der Waals surface area contributed by atoms with Crippen LogP contribution >= 0.6 is 0 Å². The fourth-order valence-electron chi connectivity index (χ4n) is 2.59. The average molecular weight is 376 g/mol. The van der Waals surface area contributed by atoms with Gasteiger partial charge in [-0.25, -0.2) is 0 Å². The highest BCUT2D eigenvalue weighted by Gasteiger charge is 2.15. The Labute approximate surface area is 156 Å². The second-order valence-electron chi connectivity index (χ2n) is 5.73. The predicted octanol–water partition coefficient (Wildman–Crippen LogP) is 3.70. The van der Waals surface area contributed by atoms with E-state index in [1.807, 2.05) is 13.8 Å². The number of amides is 2. The van der Waals surface area contributed by atoms with Crippen molar-refractivity contribution in [2.75, 3.05) is 13.1 Å². The number of carbonyl (C=O) groups is 2. The first-order valence-corrected chi connectivity index (χ1v) is 8.66. The topological polar surface area (TPSA) is 58.6 Å². The molecule has 0 spiro atoms. The van der Waals surface area contributed by atoms with Crippen LogP contribution < -0.4 is 10.1 Å². The van der Waals surface area contributed by atoms with Crippen LogP contribution in [0.25, 0.3) is 0 Å². The van der Waals surface area contributed by atoms with E-state index in [4.69, 9.17) is 0 Å². The molecule has 0 fully saturated rings. The normalized spacial score (nSPS) is 10.6. The molecule has 0 bridgehead atoms. The number of carbonyl (C=O) groups excluding carboxylic acids is 2. The van der Waals surface area contributed by atoms with Gasteiger partial charge in [0.15, 0.2) is 0 Å². The van der Waals surface area contributed by atoms with Gasteiger partial charge in [-0.05, 0) is 43.7 Å². The van der Waals surface area contributed by atoms with Gasteiger partial charge in [-0.15, -0.1) is 0 Å². The van der Waals surface area contributed by atoms with Crippen molar-refractivity contribution in [2.45, 2.75) is 27.0 Å². The minimum absolute atomic E-state index is 0.0335. The molecule has 2 aromatic rings. The molecule has 0 aliphatic carbocycles. The van der Waals surface area contributed by atoms with Crippen molar-refractivity contribution < 1.29 is 23.1 Å². The third kappa shape index (κ3) is 5.51. The van der Waals surface area contributed by atoms with E-state index in [0.29, 0.717) is 18.7 Å². The van der Waals surface area contributed by atoms with Crippen LogP contribution in [0.3, 0.4) is 0 Å². The van der Waals surface area contributed by atoms with Crippen LogP contribution in [0.1, 0.15) is 40.1 Å². The smallest absolute Gasteiger partial charge is 0.387 e. The molecule has 0 radical (unpaired) electrons. The number of alkyl halides is 2. The highest BCUT2D eigenvalue weighted by atomic mass is 19.3. The Morgan fingerprint density at radius 3 is 2.26 bits per heavy atom. The maximum Gasteiger partial charge on any atom is 0.387 e. The molecule has 0 atom stereocenters. The molecule has 0 unspecified atom stereocenters. The van der Waals surface area contributed by atoms with Gasteiger partial charge in [0.05, 0.1) is 5.56 Å². The van der Waals surface area contributed by atoms with Gasteiger partial charge in [-0.3, -0.25) is 9.59 Å². The molecule has 0 aliphatic heterocycles. The Morgan fingerprint density at radius 2 is 1.67 bits per heavy atom. The van der Waals surface area contributed by atoms with Crippen molar-refractivity contribution in [3.63, 3.8) is 0 Å².